The van der Waals surface area contributed by atoms with Crippen molar-refractivity contribution < 1.29 is 0 Å². The van der Waals surface area contributed by atoms with Crippen molar-refractivity contribution in [2.45, 2.75) is 45.7 Å². The van der Waals surface area contributed by atoms with Crippen LogP contribution in [0.3, 0.4) is 0 Å². The van der Waals surface area contributed by atoms with Crippen molar-refractivity contribution in [3.63, 3.8) is 0 Å². The highest BCUT2D eigenvalue weighted by atomic mass is 15.3. The summed E-state index contributed by atoms with van der Waals surface area (Å²) in [6.07, 6.45) is 3.68. The maximum Gasteiger partial charge on any atom is 0.151 e. The Hall–Kier alpha value is -1.16. The minimum atomic E-state index is 0.605. The molecule has 0 amide bonds. The topological polar surface area (TPSA) is 41.0 Å². The van der Waals surface area contributed by atoms with Crippen LogP contribution >= 0.6 is 0 Å². The molecule has 0 aliphatic carbocycles. The van der Waals surface area contributed by atoms with E-state index in [4.69, 9.17) is 0 Å². The van der Waals surface area contributed by atoms with Crippen molar-refractivity contribution >= 4 is 5.82 Å². The van der Waals surface area contributed by atoms with Gasteiger partial charge in [0.25, 0.3) is 0 Å². The summed E-state index contributed by atoms with van der Waals surface area (Å²) in [5.74, 6) is 1.02. The molecule has 1 aliphatic rings. The van der Waals surface area contributed by atoms with Crippen LogP contribution in [0.4, 0.5) is 5.82 Å². The van der Waals surface area contributed by atoms with Crippen molar-refractivity contribution in [3.05, 3.63) is 17.8 Å². The van der Waals surface area contributed by atoms with E-state index in [2.05, 4.69) is 46.4 Å². The molecule has 1 aromatic heterocycles. The van der Waals surface area contributed by atoms with E-state index in [1.807, 2.05) is 0 Å². The number of hydrogen-bond acceptors (Lipinski definition) is 4. The third-order valence-corrected chi connectivity index (χ3v) is 3.29. The van der Waals surface area contributed by atoms with Gasteiger partial charge in [0.2, 0.25) is 0 Å². The summed E-state index contributed by atoms with van der Waals surface area (Å²) in [5, 5.41) is 11.9. The quantitative estimate of drug-likeness (QED) is 0.791. The Morgan fingerprint density at radius 2 is 2.29 bits per heavy atom. The molecule has 0 radical (unpaired) electrons. The molecule has 1 saturated heterocycles. The molecule has 1 atom stereocenters. The summed E-state index contributed by atoms with van der Waals surface area (Å²) in [7, 11) is 0. The molecule has 2 rings (SSSR count). The second kappa shape index (κ2) is 5.96. The summed E-state index contributed by atoms with van der Waals surface area (Å²) in [6, 6.07) is 4.78. The van der Waals surface area contributed by atoms with Crippen LogP contribution in [0.5, 0.6) is 0 Å². The van der Waals surface area contributed by atoms with Gasteiger partial charge in [0.1, 0.15) is 0 Å². The highest BCUT2D eigenvalue weighted by molar-refractivity contribution is 5.39. The molecule has 2 heterocycles. The van der Waals surface area contributed by atoms with E-state index < -0.39 is 0 Å². The molecule has 1 unspecified atom stereocenters. The Morgan fingerprint density at radius 3 is 2.88 bits per heavy atom. The van der Waals surface area contributed by atoms with Crippen LogP contribution in [0.15, 0.2) is 12.1 Å². The Kier molecular flexibility index (Phi) is 4.31. The molecular formula is C13H22N4. The van der Waals surface area contributed by atoms with Crippen molar-refractivity contribution in [3.8, 4) is 0 Å². The Labute approximate surface area is 103 Å². The maximum absolute atomic E-state index is 4.33. The lowest BCUT2D eigenvalue weighted by Gasteiger charge is -2.21. The lowest BCUT2D eigenvalue weighted by Crippen LogP contribution is -2.27. The van der Waals surface area contributed by atoms with Crippen molar-refractivity contribution in [2.24, 2.45) is 0 Å². The van der Waals surface area contributed by atoms with Crippen molar-refractivity contribution in [1.29, 1.82) is 0 Å². The van der Waals surface area contributed by atoms with Gasteiger partial charge in [-0.25, -0.2) is 0 Å². The van der Waals surface area contributed by atoms with Gasteiger partial charge in [-0.3, -0.25) is 0 Å². The maximum atomic E-state index is 4.33. The van der Waals surface area contributed by atoms with E-state index in [1.54, 1.807) is 0 Å². The minimum Gasteiger partial charge on any atom is -0.352 e. The third-order valence-electron chi connectivity index (χ3n) is 3.29. The molecule has 0 aromatic carbocycles. The van der Waals surface area contributed by atoms with E-state index in [-0.39, 0.29) is 0 Å². The number of rotatable bonds is 5. The van der Waals surface area contributed by atoms with Crippen molar-refractivity contribution in [2.75, 3.05) is 18.0 Å². The first-order chi connectivity index (χ1) is 8.31. The van der Waals surface area contributed by atoms with Crippen molar-refractivity contribution in [1.82, 2.24) is 15.5 Å². The minimum absolute atomic E-state index is 0.605. The van der Waals surface area contributed by atoms with E-state index in [9.17, 15) is 0 Å². The molecule has 1 aliphatic heterocycles. The van der Waals surface area contributed by atoms with Crippen LogP contribution in [0.2, 0.25) is 0 Å². The number of hydrogen-bond donors (Lipinski definition) is 1. The summed E-state index contributed by atoms with van der Waals surface area (Å²) in [5.41, 5.74) is 1.02. The zero-order valence-corrected chi connectivity index (χ0v) is 10.8. The lowest BCUT2D eigenvalue weighted by atomic mass is 10.2. The second-order valence-corrected chi connectivity index (χ2v) is 4.74. The van der Waals surface area contributed by atoms with Crippen LogP contribution in [0.1, 0.15) is 38.8 Å². The Bertz CT molecular complexity index is 336. The summed E-state index contributed by atoms with van der Waals surface area (Å²) in [6.45, 7) is 7.38. The molecule has 1 fully saturated rings. The number of nitrogens with one attached hydrogen (secondary N) is 1. The van der Waals surface area contributed by atoms with Gasteiger partial charge in [0, 0.05) is 19.1 Å². The predicted octanol–water partition coefficient (Wildman–Crippen LogP) is 1.96. The lowest BCUT2D eigenvalue weighted by molar-refractivity contribution is 0.653. The summed E-state index contributed by atoms with van der Waals surface area (Å²) < 4.78 is 0. The molecular weight excluding hydrogens is 212 g/mol. The fourth-order valence-corrected chi connectivity index (χ4v) is 2.27. The molecule has 94 valence electrons. The fourth-order valence-electron chi connectivity index (χ4n) is 2.27. The van der Waals surface area contributed by atoms with E-state index in [0.717, 1.165) is 37.6 Å². The van der Waals surface area contributed by atoms with Crippen LogP contribution in [0.25, 0.3) is 0 Å². The van der Waals surface area contributed by atoms with Gasteiger partial charge in [0.15, 0.2) is 5.82 Å². The highest BCUT2D eigenvalue weighted by Gasteiger charge is 2.21. The van der Waals surface area contributed by atoms with Crippen LogP contribution in [-0.2, 0) is 6.54 Å². The number of anilines is 1. The van der Waals surface area contributed by atoms with Gasteiger partial charge < -0.3 is 10.2 Å². The zero-order chi connectivity index (χ0) is 12.1. The average Bonchev–Trinajstić information content (AvgIpc) is 2.77. The van der Waals surface area contributed by atoms with Crippen LogP contribution < -0.4 is 10.2 Å². The number of nitrogens with zero attached hydrogens (tertiary/aromatic N) is 3. The normalized spacial score (nSPS) is 19.9. The Morgan fingerprint density at radius 1 is 1.41 bits per heavy atom. The van der Waals surface area contributed by atoms with E-state index in [0.29, 0.717) is 6.04 Å². The molecule has 4 nitrogen and oxygen atoms in total. The van der Waals surface area contributed by atoms with Gasteiger partial charge in [0.05, 0.1) is 5.69 Å². The molecule has 4 heteroatoms. The van der Waals surface area contributed by atoms with Crippen LogP contribution in [-0.4, -0.2) is 29.3 Å². The molecule has 17 heavy (non-hydrogen) atoms. The first kappa shape index (κ1) is 12.3. The fraction of sp³-hybridized carbons (Fsp3) is 0.692. The molecule has 0 spiro atoms. The SMILES string of the molecule is CCCNCc1ccc(N2CCCC2C)nn1. The molecule has 1 N–H and O–H groups in total. The summed E-state index contributed by atoms with van der Waals surface area (Å²) in [4.78, 5) is 2.34. The first-order valence-electron chi connectivity index (χ1n) is 6.61. The standard InChI is InChI=1S/C13H22N4/c1-3-8-14-10-12-6-7-13(16-15-12)17-9-4-5-11(17)2/h6-7,11,14H,3-5,8-10H2,1-2H3. The average molecular weight is 234 g/mol. The molecule has 0 bridgehead atoms. The Balaban J connectivity index is 1.93. The van der Waals surface area contributed by atoms with Gasteiger partial charge in [-0.2, -0.15) is 5.10 Å². The third kappa shape index (κ3) is 3.16. The van der Waals surface area contributed by atoms with Crippen LogP contribution in [0, 0.1) is 0 Å². The van der Waals surface area contributed by atoms with Gasteiger partial charge in [-0.05, 0) is 44.9 Å². The first-order valence-corrected chi connectivity index (χ1v) is 6.61. The highest BCUT2D eigenvalue weighted by Crippen LogP contribution is 2.22. The van der Waals surface area contributed by atoms with E-state index >= 15 is 0 Å². The number of aromatic nitrogens is 2. The second-order valence-electron chi connectivity index (χ2n) is 4.74. The largest absolute Gasteiger partial charge is 0.352 e. The zero-order valence-electron chi connectivity index (χ0n) is 10.8. The van der Waals surface area contributed by atoms with Gasteiger partial charge in [-0.1, -0.05) is 6.92 Å². The van der Waals surface area contributed by atoms with E-state index in [1.165, 1.54) is 12.8 Å². The molecule has 1 aromatic rings. The summed E-state index contributed by atoms with van der Waals surface area (Å²) >= 11 is 0. The van der Waals surface area contributed by atoms with Gasteiger partial charge >= 0.3 is 0 Å². The smallest absolute Gasteiger partial charge is 0.151 e. The molecule has 0 saturated carbocycles. The predicted molar refractivity (Wildman–Crippen MR) is 70.1 cm³/mol. The van der Waals surface area contributed by atoms with Gasteiger partial charge in [-0.15, -0.1) is 5.10 Å². The monoisotopic (exact) mass is 234 g/mol.